The maximum Gasteiger partial charge on any atom is 0.187 e. The van der Waals surface area contributed by atoms with E-state index in [9.17, 15) is 51.1 Å². The molecule has 0 aromatic heterocycles. The Kier molecular flexibility index (Phi) is 9.35. The molecule has 0 bridgehead atoms. The van der Waals surface area contributed by atoms with Crippen molar-refractivity contribution in [2.45, 2.75) is 85.8 Å². The zero-order valence-corrected chi connectivity index (χ0v) is 17.4. The molecule has 0 radical (unpaired) electrons. The fourth-order valence-electron chi connectivity index (χ4n) is 4.00. The van der Waals surface area contributed by atoms with E-state index < -0.39 is 106 Å². The van der Waals surface area contributed by atoms with Gasteiger partial charge >= 0.3 is 0 Å². The highest BCUT2D eigenvalue weighted by Crippen LogP contribution is 2.31. The van der Waals surface area contributed by atoms with E-state index in [1.165, 1.54) is 0 Å². The number of hydrogen-bond donors (Lipinski definition) is 10. The van der Waals surface area contributed by atoms with Crippen molar-refractivity contribution in [3.63, 3.8) is 0 Å². The topological polar surface area (TPSA) is 248 Å². The summed E-state index contributed by atoms with van der Waals surface area (Å²) in [6.45, 7) is -2.36. The van der Waals surface area contributed by atoms with Crippen LogP contribution in [0.5, 0.6) is 0 Å². The van der Waals surface area contributed by atoms with Gasteiger partial charge in [-0.15, -0.1) is 0 Å². The van der Waals surface area contributed by atoms with Gasteiger partial charge in [0.1, 0.15) is 73.2 Å². The molecule has 0 aromatic carbocycles. The van der Waals surface area contributed by atoms with Crippen molar-refractivity contribution in [2.24, 2.45) is 0 Å². The summed E-state index contributed by atoms with van der Waals surface area (Å²) in [5.41, 5.74) is 0. The van der Waals surface area contributed by atoms with Crippen LogP contribution in [0.2, 0.25) is 0 Å². The molecule has 33 heavy (non-hydrogen) atoms. The van der Waals surface area contributed by atoms with Gasteiger partial charge in [-0.25, -0.2) is 0 Å². The number of aliphatic hydroxyl groups is 10. The first-order chi connectivity index (χ1) is 15.6. The molecule has 0 unspecified atom stereocenters. The molecule has 0 amide bonds. The summed E-state index contributed by atoms with van der Waals surface area (Å²) in [6, 6.07) is 0. The molecule has 0 aromatic rings. The minimum Gasteiger partial charge on any atom is -0.394 e. The number of rotatable bonds is 7. The number of aliphatic hydroxyl groups excluding tert-OH is 10. The highest BCUT2D eigenvalue weighted by atomic mass is 16.7. The van der Waals surface area contributed by atoms with Crippen LogP contribution in [0.1, 0.15) is 0 Å². The molecular weight excluding hydrogens is 456 g/mol. The second-order valence-corrected chi connectivity index (χ2v) is 8.22. The molecule has 3 aliphatic rings. The largest absolute Gasteiger partial charge is 0.394 e. The highest BCUT2D eigenvalue weighted by molar-refractivity contribution is 4.95. The smallest absolute Gasteiger partial charge is 0.187 e. The van der Waals surface area contributed by atoms with Gasteiger partial charge < -0.3 is 74.7 Å². The summed E-state index contributed by atoms with van der Waals surface area (Å²) in [4.78, 5) is 0. The minimum atomic E-state index is -1.84. The van der Waals surface area contributed by atoms with Crippen LogP contribution in [0, 0.1) is 0 Å². The fraction of sp³-hybridized carbons (Fsp3) is 1.00. The van der Waals surface area contributed by atoms with E-state index in [0.29, 0.717) is 0 Å². The molecule has 3 saturated heterocycles. The third kappa shape index (κ3) is 5.48. The van der Waals surface area contributed by atoms with Gasteiger partial charge in [0, 0.05) is 0 Å². The molecule has 3 heterocycles. The number of ether oxygens (including phenoxy) is 5. The summed E-state index contributed by atoms with van der Waals surface area (Å²) in [5.74, 6) is 0. The molecule has 3 fully saturated rings. The second-order valence-electron chi connectivity index (χ2n) is 8.22. The quantitative estimate of drug-likeness (QED) is 0.160. The molecule has 194 valence electrons. The maximum atomic E-state index is 10.6. The van der Waals surface area contributed by atoms with Crippen molar-refractivity contribution in [3.05, 3.63) is 0 Å². The molecule has 10 N–H and O–H groups in total. The van der Waals surface area contributed by atoms with E-state index in [4.69, 9.17) is 23.7 Å². The Morgan fingerprint density at radius 3 is 1.58 bits per heavy atom. The Morgan fingerprint density at radius 1 is 0.545 bits per heavy atom. The lowest BCUT2D eigenvalue weighted by Crippen LogP contribution is -2.66. The van der Waals surface area contributed by atoms with E-state index in [-0.39, 0.29) is 6.61 Å². The van der Waals surface area contributed by atoms with Crippen LogP contribution < -0.4 is 0 Å². The van der Waals surface area contributed by atoms with Gasteiger partial charge in [0.15, 0.2) is 12.6 Å². The predicted molar refractivity (Wildman–Crippen MR) is 100 cm³/mol. The van der Waals surface area contributed by atoms with Crippen LogP contribution >= 0.6 is 0 Å². The monoisotopic (exact) mass is 488 g/mol. The van der Waals surface area contributed by atoms with Crippen molar-refractivity contribution in [2.75, 3.05) is 26.4 Å². The molecule has 0 aliphatic carbocycles. The number of hydrogen-bond acceptors (Lipinski definition) is 15. The van der Waals surface area contributed by atoms with Crippen LogP contribution in [0.3, 0.4) is 0 Å². The average molecular weight is 488 g/mol. The van der Waals surface area contributed by atoms with Crippen molar-refractivity contribution in [1.82, 2.24) is 0 Å². The molecule has 0 spiro atoms. The van der Waals surface area contributed by atoms with Crippen LogP contribution in [0.4, 0.5) is 0 Å². The lowest BCUT2D eigenvalue weighted by molar-refractivity contribution is -0.371. The predicted octanol–water partition coefficient (Wildman–Crippen LogP) is -6.89. The van der Waals surface area contributed by atoms with Crippen LogP contribution in [-0.2, 0) is 23.7 Å². The first kappa shape index (κ1) is 27.0. The Bertz CT molecular complexity index is 605. The molecule has 15 heteroatoms. The third-order valence-corrected chi connectivity index (χ3v) is 6.01. The first-order valence-corrected chi connectivity index (χ1v) is 10.5. The highest BCUT2D eigenvalue weighted by Gasteiger charge is 2.52. The molecule has 14 atom stereocenters. The van der Waals surface area contributed by atoms with E-state index in [2.05, 4.69) is 0 Å². The summed E-state index contributed by atoms with van der Waals surface area (Å²) >= 11 is 0. The molecule has 15 nitrogen and oxygen atoms in total. The summed E-state index contributed by atoms with van der Waals surface area (Å²) in [5, 5.41) is 99.4. The SMILES string of the molecule is OC[C@H]1O[C@H](O[C@H]2[C@H](O)[C@@H](O)[C@@H](O[C@H]3[C@H](O)[C@@H](O)CO[C@@H]3CO)O[C@@H]2CO)[C@H](O)[C@@H](O)[C@@H]1O. The van der Waals surface area contributed by atoms with Crippen LogP contribution in [-0.4, -0.2) is 163 Å². The zero-order chi connectivity index (χ0) is 24.4. The van der Waals surface area contributed by atoms with Gasteiger partial charge in [0.05, 0.1) is 26.4 Å². The van der Waals surface area contributed by atoms with Gasteiger partial charge in [0.2, 0.25) is 0 Å². The van der Waals surface area contributed by atoms with E-state index in [1.54, 1.807) is 0 Å². The average Bonchev–Trinajstić information content (AvgIpc) is 2.81. The fourth-order valence-corrected chi connectivity index (χ4v) is 4.00. The Morgan fingerprint density at radius 2 is 1.03 bits per heavy atom. The minimum absolute atomic E-state index is 0.267. The zero-order valence-electron chi connectivity index (χ0n) is 17.4. The van der Waals surface area contributed by atoms with Crippen LogP contribution in [0.15, 0.2) is 0 Å². The Labute approximate surface area is 187 Å². The van der Waals surface area contributed by atoms with Gasteiger partial charge in [-0.05, 0) is 0 Å². The lowest BCUT2D eigenvalue weighted by atomic mass is 9.96. The summed E-state index contributed by atoms with van der Waals surface area (Å²) in [6.07, 6.45) is -21.7. The van der Waals surface area contributed by atoms with Gasteiger partial charge in [-0.1, -0.05) is 0 Å². The normalized spacial score (nSPS) is 51.5. The Hall–Kier alpha value is -0.600. The van der Waals surface area contributed by atoms with E-state index >= 15 is 0 Å². The summed E-state index contributed by atoms with van der Waals surface area (Å²) < 4.78 is 26.8. The van der Waals surface area contributed by atoms with Crippen molar-refractivity contribution >= 4 is 0 Å². The Balaban J connectivity index is 1.71. The van der Waals surface area contributed by atoms with Crippen molar-refractivity contribution < 1.29 is 74.7 Å². The standard InChI is InChI=1S/C18H32O15/c19-1-6-10(24)11(25)13(27)17(30-6)33-16-8(3-21)31-18(14(28)12(16)26)32-15-7(2-20)29-4-5(22)9(15)23/h5-28H,1-4H2/t5-,6+,7+,8+,9+,10+,11-,12+,13+,14+,15+,16+,17+,18+/m0/s1. The molecule has 0 saturated carbocycles. The van der Waals surface area contributed by atoms with E-state index in [1.807, 2.05) is 0 Å². The van der Waals surface area contributed by atoms with Crippen LogP contribution in [0.25, 0.3) is 0 Å². The second kappa shape index (κ2) is 11.4. The van der Waals surface area contributed by atoms with Crippen molar-refractivity contribution in [1.29, 1.82) is 0 Å². The van der Waals surface area contributed by atoms with E-state index in [0.717, 1.165) is 0 Å². The third-order valence-electron chi connectivity index (χ3n) is 6.01. The molecule has 3 rings (SSSR count). The van der Waals surface area contributed by atoms with Gasteiger partial charge in [-0.2, -0.15) is 0 Å². The lowest BCUT2D eigenvalue weighted by Gasteiger charge is -2.47. The summed E-state index contributed by atoms with van der Waals surface area (Å²) in [7, 11) is 0. The maximum absolute atomic E-state index is 10.6. The molecule has 3 aliphatic heterocycles. The van der Waals surface area contributed by atoms with Crippen molar-refractivity contribution in [3.8, 4) is 0 Å². The first-order valence-electron chi connectivity index (χ1n) is 10.5. The molecular formula is C18H32O15. The van der Waals surface area contributed by atoms with Gasteiger partial charge in [0.25, 0.3) is 0 Å². The van der Waals surface area contributed by atoms with Gasteiger partial charge in [-0.3, -0.25) is 0 Å².